The van der Waals surface area contributed by atoms with Gasteiger partial charge in [-0.3, -0.25) is 4.98 Å². The van der Waals surface area contributed by atoms with Gasteiger partial charge in [0.25, 0.3) is 0 Å². The van der Waals surface area contributed by atoms with E-state index in [1.165, 1.54) is 0 Å². The van der Waals surface area contributed by atoms with Crippen LogP contribution in [0.15, 0.2) is 55.0 Å². The first-order chi connectivity index (χ1) is 12.8. The lowest BCUT2D eigenvalue weighted by atomic mass is 10.2. The first-order valence-electron chi connectivity index (χ1n) is 8.44. The third-order valence-corrected chi connectivity index (χ3v) is 4.35. The summed E-state index contributed by atoms with van der Waals surface area (Å²) in [6, 6.07) is 13.4. The van der Waals surface area contributed by atoms with E-state index in [9.17, 15) is 0 Å². The highest BCUT2D eigenvalue weighted by atomic mass is 15.3. The molecule has 1 aliphatic rings. The molecule has 7 nitrogen and oxygen atoms in total. The van der Waals surface area contributed by atoms with Gasteiger partial charge in [-0.05, 0) is 30.3 Å². The van der Waals surface area contributed by atoms with Crippen LogP contribution < -0.4 is 9.80 Å². The number of nitriles is 1. The summed E-state index contributed by atoms with van der Waals surface area (Å²) >= 11 is 0. The van der Waals surface area contributed by atoms with Gasteiger partial charge < -0.3 is 9.80 Å². The van der Waals surface area contributed by atoms with Crippen molar-refractivity contribution in [3.8, 4) is 17.3 Å². The molecule has 1 fully saturated rings. The molecule has 0 aromatic carbocycles. The van der Waals surface area contributed by atoms with Crippen molar-refractivity contribution in [3.63, 3.8) is 0 Å². The first-order valence-corrected chi connectivity index (χ1v) is 8.44. The lowest BCUT2D eigenvalue weighted by Gasteiger charge is -2.35. The maximum Gasteiger partial charge on any atom is 0.225 e. The van der Waals surface area contributed by atoms with Gasteiger partial charge in [-0.1, -0.05) is 6.07 Å². The van der Waals surface area contributed by atoms with E-state index in [2.05, 4.69) is 30.8 Å². The zero-order valence-electron chi connectivity index (χ0n) is 14.2. The maximum absolute atomic E-state index is 9.01. The van der Waals surface area contributed by atoms with Crippen molar-refractivity contribution >= 4 is 11.8 Å². The SMILES string of the molecule is N#Cc1cccc(N2CCN(c3nccc(-c4ccncc4)n3)CC2)n1. The van der Waals surface area contributed by atoms with Crippen molar-refractivity contribution in [3.05, 3.63) is 60.7 Å². The summed E-state index contributed by atoms with van der Waals surface area (Å²) in [5.74, 6) is 1.58. The highest BCUT2D eigenvalue weighted by Gasteiger charge is 2.20. The number of nitrogens with zero attached hydrogens (tertiary/aromatic N) is 7. The Labute approximate surface area is 151 Å². The van der Waals surface area contributed by atoms with E-state index < -0.39 is 0 Å². The smallest absolute Gasteiger partial charge is 0.225 e. The van der Waals surface area contributed by atoms with Crippen LogP contribution in [0.25, 0.3) is 11.3 Å². The monoisotopic (exact) mass is 343 g/mol. The molecule has 3 aromatic heterocycles. The second-order valence-electron chi connectivity index (χ2n) is 5.94. The number of piperazine rings is 1. The van der Waals surface area contributed by atoms with Crippen LogP contribution in [0.5, 0.6) is 0 Å². The predicted octanol–water partition coefficient (Wildman–Crippen LogP) is 2.13. The van der Waals surface area contributed by atoms with Crippen LogP contribution in [0.3, 0.4) is 0 Å². The molecule has 1 saturated heterocycles. The summed E-state index contributed by atoms with van der Waals surface area (Å²) in [5.41, 5.74) is 2.36. The minimum atomic E-state index is 0.443. The molecule has 26 heavy (non-hydrogen) atoms. The Morgan fingerprint density at radius 3 is 2.38 bits per heavy atom. The van der Waals surface area contributed by atoms with Crippen molar-refractivity contribution in [2.45, 2.75) is 0 Å². The molecule has 4 heterocycles. The van der Waals surface area contributed by atoms with Gasteiger partial charge in [0.05, 0.1) is 5.69 Å². The van der Waals surface area contributed by atoms with Crippen LogP contribution in [0.4, 0.5) is 11.8 Å². The number of rotatable bonds is 3. The first kappa shape index (κ1) is 16.0. The molecule has 4 rings (SSSR count). The van der Waals surface area contributed by atoms with E-state index in [0.717, 1.165) is 49.2 Å². The van der Waals surface area contributed by atoms with E-state index in [1.807, 2.05) is 30.3 Å². The molecular weight excluding hydrogens is 326 g/mol. The molecule has 0 saturated carbocycles. The topological polar surface area (TPSA) is 81.8 Å². The van der Waals surface area contributed by atoms with Gasteiger partial charge in [-0.15, -0.1) is 0 Å². The number of anilines is 2. The summed E-state index contributed by atoms with van der Waals surface area (Å²) in [6.07, 6.45) is 5.32. The Balaban J connectivity index is 1.47. The Morgan fingerprint density at radius 2 is 1.62 bits per heavy atom. The Bertz CT molecular complexity index is 928. The molecule has 0 bridgehead atoms. The van der Waals surface area contributed by atoms with Gasteiger partial charge in [-0.2, -0.15) is 5.26 Å². The average Bonchev–Trinajstić information content (AvgIpc) is 2.75. The fourth-order valence-electron chi connectivity index (χ4n) is 2.98. The second-order valence-corrected chi connectivity index (χ2v) is 5.94. The number of aromatic nitrogens is 4. The minimum absolute atomic E-state index is 0.443. The van der Waals surface area contributed by atoms with Crippen LogP contribution in [0.2, 0.25) is 0 Å². The second kappa shape index (κ2) is 7.15. The standard InChI is InChI=1S/C19H17N7/c20-14-16-2-1-3-18(23-16)25-10-12-26(13-11-25)19-22-9-6-17(24-19)15-4-7-21-8-5-15/h1-9H,10-13H2. The van der Waals surface area contributed by atoms with Crippen LogP contribution >= 0.6 is 0 Å². The minimum Gasteiger partial charge on any atom is -0.353 e. The molecule has 128 valence electrons. The third kappa shape index (κ3) is 3.30. The quantitative estimate of drug-likeness (QED) is 0.720. The Morgan fingerprint density at radius 1 is 0.846 bits per heavy atom. The number of pyridine rings is 2. The van der Waals surface area contributed by atoms with Gasteiger partial charge in [0.2, 0.25) is 5.95 Å². The fraction of sp³-hybridized carbons (Fsp3) is 0.211. The summed E-state index contributed by atoms with van der Waals surface area (Å²) < 4.78 is 0. The zero-order chi connectivity index (χ0) is 17.8. The van der Waals surface area contributed by atoms with Crippen molar-refractivity contribution in [1.82, 2.24) is 19.9 Å². The molecular formula is C19H17N7. The van der Waals surface area contributed by atoms with E-state index in [4.69, 9.17) is 10.2 Å². The van der Waals surface area contributed by atoms with Gasteiger partial charge in [0.1, 0.15) is 17.6 Å². The van der Waals surface area contributed by atoms with Crippen LogP contribution in [-0.2, 0) is 0 Å². The summed E-state index contributed by atoms with van der Waals surface area (Å²) in [4.78, 5) is 21.9. The molecule has 0 amide bonds. The zero-order valence-corrected chi connectivity index (χ0v) is 14.2. The van der Waals surface area contributed by atoms with E-state index in [0.29, 0.717) is 5.69 Å². The molecule has 0 atom stereocenters. The molecule has 0 radical (unpaired) electrons. The molecule has 7 heteroatoms. The van der Waals surface area contributed by atoms with Crippen LogP contribution in [0.1, 0.15) is 5.69 Å². The highest BCUT2D eigenvalue weighted by Crippen LogP contribution is 2.20. The normalized spacial score (nSPS) is 14.1. The van der Waals surface area contributed by atoms with Gasteiger partial charge >= 0.3 is 0 Å². The van der Waals surface area contributed by atoms with Crippen LogP contribution in [-0.4, -0.2) is 46.1 Å². The average molecular weight is 343 g/mol. The largest absolute Gasteiger partial charge is 0.353 e. The highest BCUT2D eigenvalue weighted by molar-refractivity contribution is 5.59. The summed E-state index contributed by atoms with van der Waals surface area (Å²) in [5, 5.41) is 9.01. The number of hydrogen-bond acceptors (Lipinski definition) is 7. The lowest BCUT2D eigenvalue weighted by Crippen LogP contribution is -2.47. The molecule has 1 aliphatic heterocycles. The van der Waals surface area contributed by atoms with Crippen molar-refractivity contribution < 1.29 is 0 Å². The van der Waals surface area contributed by atoms with Gasteiger partial charge in [0, 0.05) is 50.3 Å². The fourth-order valence-corrected chi connectivity index (χ4v) is 2.98. The maximum atomic E-state index is 9.01. The molecule has 3 aromatic rings. The molecule has 0 unspecified atom stereocenters. The molecule has 0 aliphatic carbocycles. The summed E-state index contributed by atoms with van der Waals surface area (Å²) in [6.45, 7) is 3.23. The van der Waals surface area contributed by atoms with E-state index >= 15 is 0 Å². The Hall–Kier alpha value is -3.53. The van der Waals surface area contributed by atoms with E-state index in [-0.39, 0.29) is 0 Å². The predicted molar refractivity (Wildman–Crippen MR) is 98.6 cm³/mol. The van der Waals surface area contributed by atoms with Crippen molar-refractivity contribution in [2.24, 2.45) is 0 Å². The van der Waals surface area contributed by atoms with Crippen LogP contribution in [0, 0.1) is 11.3 Å². The molecule has 0 N–H and O–H groups in total. The van der Waals surface area contributed by atoms with Crippen molar-refractivity contribution in [2.75, 3.05) is 36.0 Å². The van der Waals surface area contributed by atoms with Crippen molar-refractivity contribution in [1.29, 1.82) is 5.26 Å². The summed E-state index contributed by atoms with van der Waals surface area (Å²) in [7, 11) is 0. The van der Waals surface area contributed by atoms with Gasteiger partial charge in [0.15, 0.2) is 0 Å². The molecule has 0 spiro atoms. The van der Waals surface area contributed by atoms with Gasteiger partial charge in [-0.25, -0.2) is 15.0 Å². The van der Waals surface area contributed by atoms with E-state index in [1.54, 1.807) is 24.7 Å². The lowest BCUT2D eigenvalue weighted by molar-refractivity contribution is 0.634. The Kier molecular flexibility index (Phi) is 4.39. The third-order valence-electron chi connectivity index (χ3n) is 4.35. The number of hydrogen-bond donors (Lipinski definition) is 0.